The zero-order valence-corrected chi connectivity index (χ0v) is 6.67. The molecular weight excluding hydrogens is 162 g/mol. The van der Waals surface area contributed by atoms with E-state index in [0.717, 1.165) is 0 Å². The second kappa shape index (κ2) is 6.93. The Kier molecular flexibility index (Phi) is 6.19. The van der Waals surface area contributed by atoms with Crippen LogP contribution >= 0.6 is 11.6 Å². The van der Waals surface area contributed by atoms with Crippen molar-refractivity contribution in [2.45, 2.75) is 5.88 Å². The van der Waals surface area contributed by atoms with Crippen LogP contribution in [0.4, 0.5) is 0 Å². The fourth-order valence-electron chi connectivity index (χ4n) is 0.567. The number of nitrogens with zero attached hydrogens (tertiary/aromatic N) is 1. The molecule has 0 heterocycles. The molecular formula is C7H9ClN3+. The van der Waals surface area contributed by atoms with E-state index in [1.165, 1.54) is 5.56 Å². The maximum absolute atomic E-state index is 5.53. The summed E-state index contributed by atoms with van der Waals surface area (Å²) in [5.74, 6) is 0.612. The zero-order chi connectivity index (χ0) is 8.53. The van der Waals surface area contributed by atoms with E-state index in [0.29, 0.717) is 5.88 Å². The maximum atomic E-state index is 5.53. The Labute approximate surface area is 70.0 Å². The van der Waals surface area contributed by atoms with Crippen molar-refractivity contribution in [1.82, 2.24) is 4.91 Å². The number of benzene rings is 1. The number of nitrogens with one attached hydrogen (secondary N) is 2. The average Bonchev–Trinajstić information content (AvgIpc) is 2.08. The van der Waals surface area contributed by atoms with Crippen LogP contribution in [0.15, 0.2) is 30.3 Å². The van der Waals surface area contributed by atoms with Crippen LogP contribution < -0.4 is 4.91 Å². The minimum Gasteiger partial charge on any atom is -0.122 e. The van der Waals surface area contributed by atoms with Crippen LogP contribution in [-0.2, 0) is 5.88 Å². The summed E-state index contributed by atoms with van der Waals surface area (Å²) >= 11 is 5.53. The summed E-state index contributed by atoms with van der Waals surface area (Å²) in [5.41, 5.74) is 12.2. The molecule has 0 aliphatic carbocycles. The number of halogens is 1. The minimum absolute atomic E-state index is 0.612. The van der Waals surface area contributed by atoms with Gasteiger partial charge in [0.05, 0.1) is 0 Å². The lowest BCUT2D eigenvalue weighted by atomic mass is 10.2. The Morgan fingerprint density at radius 2 is 1.64 bits per heavy atom. The molecule has 0 aromatic heterocycles. The minimum atomic E-state index is 0.612. The fraction of sp³-hybridized carbons (Fsp3) is 0.143. The largest absolute Gasteiger partial charge is 0.211 e. The van der Waals surface area contributed by atoms with Gasteiger partial charge in [-0.15, -0.1) is 11.6 Å². The highest BCUT2D eigenvalue weighted by molar-refractivity contribution is 6.17. The molecule has 0 spiro atoms. The Morgan fingerprint density at radius 1 is 1.18 bits per heavy atom. The van der Waals surface area contributed by atoms with Crippen molar-refractivity contribution in [3.8, 4) is 0 Å². The molecule has 58 valence electrons. The fourth-order valence-corrected chi connectivity index (χ4v) is 0.745. The molecule has 1 rings (SSSR count). The number of hydrogen-bond acceptors (Lipinski definition) is 2. The van der Waals surface area contributed by atoms with Crippen molar-refractivity contribution >= 4 is 11.6 Å². The monoisotopic (exact) mass is 170 g/mol. The van der Waals surface area contributed by atoms with Crippen LogP contribution in [0.1, 0.15) is 5.56 Å². The summed E-state index contributed by atoms with van der Waals surface area (Å²) < 4.78 is 0. The average molecular weight is 171 g/mol. The van der Waals surface area contributed by atoms with E-state index >= 15 is 0 Å². The highest BCUT2D eigenvalue weighted by Crippen LogP contribution is 2.00. The second-order valence-corrected chi connectivity index (χ2v) is 2.00. The summed E-state index contributed by atoms with van der Waals surface area (Å²) in [6.07, 6.45) is 0. The van der Waals surface area contributed by atoms with Gasteiger partial charge < -0.3 is 0 Å². The van der Waals surface area contributed by atoms with Crippen molar-refractivity contribution in [2.75, 3.05) is 0 Å². The molecule has 0 aliphatic rings. The van der Waals surface area contributed by atoms with Gasteiger partial charge in [0.25, 0.3) is 0 Å². The molecule has 0 atom stereocenters. The van der Waals surface area contributed by atoms with Gasteiger partial charge in [0.2, 0.25) is 4.91 Å². The van der Waals surface area contributed by atoms with Crippen LogP contribution in [0.2, 0.25) is 0 Å². The number of hydrogen-bond donors (Lipinski definition) is 2. The standard InChI is InChI=1S/C7H7Cl.H2N3/c8-6-7-4-2-1-3-5-7;1-3-2/h1-5H,6H2;1-2H/q;+1. The van der Waals surface area contributed by atoms with Crippen LogP contribution in [0.5, 0.6) is 0 Å². The van der Waals surface area contributed by atoms with Gasteiger partial charge in [0.1, 0.15) is 11.1 Å². The molecule has 0 aliphatic heterocycles. The van der Waals surface area contributed by atoms with Crippen molar-refractivity contribution in [3.63, 3.8) is 0 Å². The summed E-state index contributed by atoms with van der Waals surface area (Å²) in [5, 5.41) is 0. The smallest absolute Gasteiger partial charge is 0.122 e. The summed E-state index contributed by atoms with van der Waals surface area (Å²) in [7, 11) is 0. The molecule has 0 fully saturated rings. The topological polar surface area (TPSA) is 61.8 Å². The van der Waals surface area contributed by atoms with E-state index in [1.54, 1.807) is 0 Å². The van der Waals surface area contributed by atoms with Gasteiger partial charge in [-0.3, -0.25) is 0 Å². The third-order valence-electron chi connectivity index (χ3n) is 0.997. The van der Waals surface area contributed by atoms with Gasteiger partial charge in [-0.2, -0.15) is 0 Å². The van der Waals surface area contributed by atoms with Crippen molar-refractivity contribution < 1.29 is 0 Å². The van der Waals surface area contributed by atoms with Gasteiger partial charge >= 0.3 is 0 Å². The first-order valence-electron chi connectivity index (χ1n) is 2.98. The van der Waals surface area contributed by atoms with Gasteiger partial charge in [-0.25, -0.2) is 0 Å². The van der Waals surface area contributed by atoms with Crippen LogP contribution in [0, 0.1) is 11.1 Å². The van der Waals surface area contributed by atoms with E-state index in [-0.39, 0.29) is 0 Å². The van der Waals surface area contributed by atoms with Crippen molar-refractivity contribution in [3.05, 3.63) is 35.9 Å². The van der Waals surface area contributed by atoms with Crippen molar-refractivity contribution in [1.29, 1.82) is 11.1 Å². The van der Waals surface area contributed by atoms with Crippen molar-refractivity contribution in [2.24, 2.45) is 0 Å². The maximum Gasteiger partial charge on any atom is 0.211 e. The third kappa shape index (κ3) is 5.27. The normalized spacial score (nSPS) is 7.36. The van der Waals surface area contributed by atoms with Gasteiger partial charge in [0, 0.05) is 5.88 Å². The van der Waals surface area contributed by atoms with E-state index in [4.69, 9.17) is 22.7 Å². The van der Waals surface area contributed by atoms with Gasteiger partial charge in [0.15, 0.2) is 0 Å². The SMILES string of the molecule is ClCc1ccccc1.N=[N+]=N. The summed E-state index contributed by atoms with van der Waals surface area (Å²) in [6.45, 7) is 0. The molecule has 2 N–H and O–H groups in total. The lowest BCUT2D eigenvalue weighted by Gasteiger charge is -1.88. The predicted octanol–water partition coefficient (Wildman–Crippen LogP) is 2.54. The highest BCUT2D eigenvalue weighted by Gasteiger charge is 1.81. The Hall–Kier alpha value is -1.18. The summed E-state index contributed by atoms with van der Waals surface area (Å²) in [4.78, 5) is 2.00. The first-order valence-corrected chi connectivity index (χ1v) is 3.51. The van der Waals surface area contributed by atoms with E-state index in [1.807, 2.05) is 35.2 Å². The van der Waals surface area contributed by atoms with Crippen LogP contribution in [-0.4, -0.2) is 0 Å². The van der Waals surface area contributed by atoms with E-state index in [9.17, 15) is 0 Å². The molecule has 0 radical (unpaired) electrons. The molecule has 1 aromatic rings. The van der Waals surface area contributed by atoms with Gasteiger partial charge in [-0.05, 0) is 5.56 Å². The summed E-state index contributed by atoms with van der Waals surface area (Å²) in [6, 6.07) is 9.96. The highest BCUT2D eigenvalue weighted by atomic mass is 35.5. The first-order chi connectivity index (χ1) is 5.35. The molecule has 4 heteroatoms. The molecule has 0 saturated carbocycles. The van der Waals surface area contributed by atoms with Crippen LogP contribution in [0.25, 0.3) is 0 Å². The lowest BCUT2D eigenvalue weighted by molar-refractivity contribution is 0.928. The Morgan fingerprint density at radius 3 is 1.91 bits per heavy atom. The molecule has 3 nitrogen and oxygen atoms in total. The molecule has 11 heavy (non-hydrogen) atoms. The number of alkyl halides is 1. The third-order valence-corrected chi connectivity index (χ3v) is 1.31. The molecule has 0 amide bonds. The molecule has 1 aromatic carbocycles. The first kappa shape index (κ1) is 9.82. The number of rotatable bonds is 1. The molecule has 0 saturated heterocycles. The molecule has 0 bridgehead atoms. The Bertz CT molecular complexity index is 216. The lowest BCUT2D eigenvalue weighted by Crippen LogP contribution is -1.71. The second-order valence-electron chi connectivity index (χ2n) is 1.73. The van der Waals surface area contributed by atoms with E-state index < -0.39 is 0 Å². The predicted molar refractivity (Wildman–Crippen MR) is 43.6 cm³/mol. The quantitative estimate of drug-likeness (QED) is 0.370. The van der Waals surface area contributed by atoms with E-state index in [2.05, 4.69) is 0 Å². The van der Waals surface area contributed by atoms with Gasteiger partial charge in [-0.1, -0.05) is 30.3 Å². The molecule has 0 unspecified atom stereocenters. The van der Waals surface area contributed by atoms with Crippen LogP contribution in [0.3, 0.4) is 0 Å². The zero-order valence-electron chi connectivity index (χ0n) is 5.92. The Balaban J connectivity index is 0.000000292.